The zero-order valence-corrected chi connectivity index (χ0v) is 11.7. The maximum atomic E-state index is 11.4. The third kappa shape index (κ3) is 3.41. The maximum Gasteiger partial charge on any atom is 0.318 e. The van der Waals surface area contributed by atoms with E-state index in [1.54, 1.807) is 54.6 Å². The van der Waals surface area contributed by atoms with Gasteiger partial charge in [0.1, 0.15) is 0 Å². The van der Waals surface area contributed by atoms with Crippen molar-refractivity contribution in [2.24, 2.45) is 5.92 Å². The smallest absolute Gasteiger partial charge is 0.318 e. The Kier molecular flexibility index (Phi) is 4.60. The molecule has 0 fully saturated rings. The van der Waals surface area contributed by atoms with Crippen molar-refractivity contribution in [3.63, 3.8) is 0 Å². The second-order valence-corrected chi connectivity index (χ2v) is 5.03. The monoisotopic (exact) mass is 304 g/mol. The summed E-state index contributed by atoms with van der Waals surface area (Å²) in [5.41, 5.74) is 1.23. The van der Waals surface area contributed by atoms with E-state index in [2.05, 4.69) is 0 Å². The largest absolute Gasteiger partial charge is 0.481 e. The number of hydrogen-bond acceptors (Lipinski definition) is 2. The number of aliphatic carboxylic acids is 2. The number of carboxylic acid groups (broad SMARTS) is 2. The Balaban J connectivity index is 2.56. The quantitative estimate of drug-likeness (QED) is 0.831. The highest BCUT2D eigenvalue weighted by molar-refractivity contribution is 6.30. The number of hydrogen-bond donors (Lipinski definition) is 2. The summed E-state index contributed by atoms with van der Waals surface area (Å²) in [6.45, 7) is 0. The first-order valence-electron chi connectivity index (χ1n) is 6.26. The molecule has 0 amide bonds. The summed E-state index contributed by atoms with van der Waals surface area (Å²) in [7, 11) is 0. The Bertz CT molecular complexity index is 623. The van der Waals surface area contributed by atoms with Crippen LogP contribution in [0, 0.1) is 5.92 Å². The molecule has 2 aromatic rings. The van der Waals surface area contributed by atoms with Gasteiger partial charge in [0.15, 0.2) is 5.92 Å². The van der Waals surface area contributed by atoms with Gasteiger partial charge in [-0.3, -0.25) is 9.59 Å². The molecule has 2 N–H and O–H groups in total. The summed E-state index contributed by atoms with van der Waals surface area (Å²) in [5.74, 6) is -5.08. The van der Waals surface area contributed by atoms with E-state index >= 15 is 0 Å². The Hall–Kier alpha value is -2.33. The van der Waals surface area contributed by atoms with Crippen molar-refractivity contribution >= 4 is 23.5 Å². The SMILES string of the molecule is O=C(O)C(C(=O)O)[C@H](c1ccccc1)c1ccc(Cl)cc1. The van der Waals surface area contributed by atoms with Gasteiger partial charge >= 0.3 is 11.9 Å². The Morgan fingerprint density at radius 1 is 0.810 bits per heavy atom. The van der Waals surface area contributed by atoms with Gasteiger partial charge < -0.3 is 10.2 Å². The summed E-state index contributed by atoms with van der Waals surface area (Å²) in [6.07, 6.45) is 0. The Morgan fingerprint density at radius 2 is 1.29 bits per heavy atom. The third-order valence-corrected chi connectivity index (χ3v) is 3.51. The molecule has 21 heavy (non-hydrogen) atoms. The molecule has 0 saturated carbocycles. The molecule has 0 saturated heterocycles. The number of halogens is 1. The summed E-state index contributed by atoms with van der Waals surface area (Å²) >= 11 is 5.83. The van der Waals surface area contributed by atoms with Crippen molar-refractivity contribution < 1.29 is 19.8 Å². The summed E-state index contributed by atoms with van der Waals surface area (Å²) in [5, 5.41) is 19.1. The van der Waals surface area contributed by atoms with Gasteiger partial charge in [0.25, 0.3) is 0 Å². The van der Waals surface area contributed by atoms with Crippen molar-refractivity contribution in [2.45, 2.75) is 5.92 Å². The van der Waals surface area contributed by atoms with Crippen molar-refractivity contribution in [1.82, 2.24) is 0 Å². The van der Waals surface area contributed by atoms with Gasteiger partial charge in [-0.2, -0.15) is 0 Å². The molecule has 0 bridgehead atoms. The number of rotatable bonds is 5. The van der Waals surface area contributed by atoms with E-state index in [1.165, 1.54) is 0 Å². The molecule has 0 aliphatic carbocycles. The topological polar surface area (TPSA) is 74.6 Å². The number of carboxylic acids is 2. The van der Waals surface area contributed by atoms with E-state index in [4.69, 9.17) is 11.6 Å². The lowest BCUT2D eigenvalue weighted by Crippen LogP contribution is -2.30. The van der Waals surface area contributed by atoms with Gasteiger partial charge in [0.05, 0.1) is 0 Å². The molecule has 2 rings (SSSR count). The van der Waals surface area contributed by atoms with Gasteiger partial charge in [-0.25, -0.2) is 0 Å². The highest BCUT2D eigenvalue weighted by Crippen LogP contribution is 2.33. The molecule has 4 nitrogen and oxygen atoms in total. The van der Waals surface area contributed by atoms with E-state index in [9.17, 15) is 19.8 Å². The lowest BCUT2D eigenvalue weighted by molar-refractivity contribution is -0.155. The molecule has 0 aliphatic rings. The average molecular weight is 305 g/mol. The number of benzene rings is 2. The second kappa shape index (κ2) is 6.41. The van der Waals surface area contributed by atoms with Crippen LogP contribution in [0.4, 0.5) is 0 Å². The highest BCUT2D eigenvalue weighted by Gasteiger charge is 2.36. The number of carbonyl (C=O) groups is 2. The van der Waals surface area contributed by atoms with E-state index in [-0.39, 0.29) is 0 Å². The Morgan fingerprint density at radius 3 is 1.76 bits per heavy atom. The van der Waals surface area contributed by atoms with E-state index < -0.39 is 23.8 Å². The molecular formula is C16H13ClO4. The van der Waals surface area contributed by atoms with Gasteiger partial charge in [0, 0.05) is 10.9 Å². The minimum Gasteiger partial charge on any atom is -0.481 e. The first kappa shape index (κ1) is 15.1. The fraction of sp³-hybridized carbons (Fsp3) is 0.125. The second-order valence-electron chi connectivity index (χ2n) is 4.59. The van der Waals surface area contributed by atoms with Crippen LogP contribution in [0.1, 0.15) is 17.0 Å². The maximum absolute atomic E-state index is 11.4. The van der Waals surface area contributed by atoms with Crippen LogP contribution >= 0.6 is 11.6 Å². The minimum absolute atomic E-state index is 0.507. The van der Waals surface area contributed by atoms with Crippen LogP contribution < -0.4 is 0 Å². The van der Waals surface area contributed by atoms with E-state index in [0.29, 0.717) is 16.1 Å². The molecular weight excluding hydrogens is 292 g/mol. The third-order valence-electron chi connectivity index (χ3n) is 3.25. The van der Waals surface area contributed by atoms with Crippen LogP contribution in [0.5, 0.6) is 0 Å². The first-order chi connectivity index (χ1) is 10.0. The normalized spacial score (nSPS) is 12.1. The van der Waals surface area contributed by atoms with Crippen LogP contribution in [-0.2, 0) is 9.59 Å². The zero-order chi connectivity index (χ0) is 15.4. The van der Waals surface area contributed by atoms with Gasteiger partial charge in [-0.1, -0.05) is 54.1 Å². The highest BCUT2D eigenvalue weighted by atomic mass is 35.5. The van der Waals surface area contributed by atoms with Crippen LogP contribution in [0.2, 0.25) is 5.02 Å². The molecule has 0 spiro atoms. The molecule has 0 unspecified atom stereocenters. The van der Waals surface area contributed by atoms with Crippen molar-refractivity contribution in [3.8, 4) is 0 Å². The zero-order valence-electron chi connectivity index (χ0n) is 10.9. The molecule has 0 aliphatic heterocycles. The fourth-order valence-corrected chi connectivity index (χ4v) is 2.42. The minimum atomic E-state index is -1.56. The van der Waals surface area contributed by atoms with Gasteiger partial charge in [-0.05, 0) is 23.3 Å². The Labute approximate surface area is 126 Å². The van der Waals surface area contributed by atoms with Crippen molar-refractivity contribution in [3.05, 3.63) is 70.7 Å². The van der Waals surface area contributed by atoms with Crippen LogP contribution in [0.3, 0.4) is 0 Å². The molecule has 108 valence electrons. The average Bonchev–Trinajstić information content (AvgIpc) is 2.46. The van der Waals surface area contributed by atoms with Crippen LogP contribution in [0.15, 0.2) is 54.6 Å². The van der Waals surface area contributed by atoms with E-state index in [1.807, 2.05) is 0 Å². The van der Waals surface area contributed by atoms with Crippen molar-refractivity contribution in [1.29, 1.82) is 0 Å². The summed E-state index contributed by atoms with van der Waals surface area (Å²) < 4.78 is 0. The molecule has 5 heteroatoms. The fourth-order valence-electron chi connectivity index (χ4n) is 2.30. The van der Waals surface area contributed by atoms with Crippen LogP contribution in [-0.4, -0.2) is 22.2 Å². The predicted molar refractivity (Wildman–Crippen MR) is 78.5 cm³/mol. The lowest BCUT2D eigenvalue weighted by atomic mass is 9.80. The molecule has 2 aromatic carbocycles. The molecule has 1 atom stereocenters. The van der Waals surface area contributed by atoms with Crippen LogP contribution in [0.25, 0.3) is 0 Å². The summed E-state index contributed by atoms with van der Waals surface area (Å²) in [4.78, 5) is 22.8. The standard InChI is InChI=1S/C16H13ClO4/c17-12-8-6-11(7-9-12)13(10-4-2-1-3-5-10)14(15(18)19)16(20)21/h1-9,13-14H,(H,18,19)(H,20,21)/t13-/m1/s1. The lowest BCUT2D eigenvalue weighted by Gasteiger charge is -2.22. The van der Waals surface area contributed by atoms with E-state index in [0.717, 1.165) is 0 Å². The molecule has 0 heterocycles. The first-order valence-corrected chi connectivity index (χ1v) is 6.64. The van der Waals surface area contributed by atoms with Crippen molar-refractivity contribution in [2.75, 3.05) is 0 Å². The molecule has 0 aromatic heterocycles. The van der Waals surface area contributed by atoms with Gasteiger partial charge in [0.2, 0.25) is 0 Å². The van der Waals surface area contributed by atoms with Gasteiger partial charge in [-0.15, -0.1) is 0 Å². The molecule has 0 radical (unpaired) electrons. The summed E-state index contributed by atoms with van der Waals surface area (Å²) in [6, 6.07) is 15.3. The predicted octanol–water partition coefficient (Wildman–Crippen LogP) is 3.26.